The third-order valence-corrected chi connectivity index (χ3v) is 3.15. The Bertz CT molecular complexity index is 291. The van der Waals surface area contributed by atoms with Crippen LogP contribution in [-0.2, 0) is 4.79 Å². The maximum absolute atomic E-state index is 11.7. The lowest BCUT2D eigenvalue weighted by molar-refractivity contribution is -0.130. The van der Waals surface area contributed by atoms with Crippen molar-refractivity contribution in [2.24, 2.45) is 5.92 Å². The molecule has 1 heterocycles. The monoisotopic (exact) mass is 209 g/mol. The van der Waals surface area contributed by atoms with Gasteiger partial charge in [-0.1, -0.05) is 0 Å². The highest BCUT2D eigenvalue weighted by atomic mass is 16.2. The second kappa shape index (κ2) is 4.19. The predicted octanol–water partition coefficient (Wildman–Crippen LogP) is 0.699. The molecule has 0 aromatic heterocycles. The van der Waals surface area contributed by atoms with Crippen molar-refractivity contribution >= 4 is 5.91 Å². The number of hydrogen-bond donors (Lipinski definition) is 0. The van der Waals surface area contributed by atoms with E-state index in [1.54, 1.807) is 0 Å². The van der Waals surface area contributed by atoms with Crippen LogP contribution in [0.2, 0.25) is 0 Å². The fourth-order valence-electron chi connectivity index (χ4n) is 1.96. The molecule has 84 valence electrons. The molecular weight excluding hydrogens is 190 g/mol. The Balaban J connectivity index is 2.72. The van der Waals surface area contributed by atoms with Gasteiger partial charge in [-0.25, -0.2) is 0 Å². The van der Waals surface area contributed by atoms with Crippen molar-refractivity contribution in [3.05, 3.63) is 0 Å². The van der Waals surface area contributed by atoms with Gasteiger partial charge in [0.25, 0.3) is 0 Å². The fourth-order valence-corrected chi connectivity index (χ4v) is 1.96. The van der Waals surface area contributed by atoms with Crippen molar-refractivity contribution in [2.45, 2.75) is 25.8 Å². The molecule has 0 aromatic carbocycles. The topological polar surface area (TPSA) is 47.3 Å². The van der Waals surface area contributed by atoms with Crippen LogP contribution < -0.4 is 0 Å². The molecule has 4 heteroatoms. The molecule has 0 aromatic rings. The minimum Gasteiger partial charge on any atom is -0.335 e. The van der Waals surface area contributed by atoms with Crippen molar-refractivity contribution in [3.63, 3.8) is 0 Å². The predicted molar refractivity (Wildman–Crippen MR) is 58.1 cm³/mol. The van der Waals surface area contributed by atoms with E-state index >= 15 is 0 Å². The lowest BCUT2D eigenvalue weighted by Gasteiger charge is -2.34. The van der Waals surface area contributed by atoms with Gasteiger partial charge < -0.3 is 9.80 Å². The normalized spacial score (nSPS) is 24.7. The van der Waals surface area contributed by atoms with E-state index in [0.717, 1.165) is 6.54 Å². The van der Waals surface area contributed by atoms with E-state index in [0.29, 0.717) is 13.0 Å². The van der Waals surface area contributed by atoms with E-state index in [-0.39, 0.29) is 17.4 Å². The van der Waals surface area contributed by atoms with Gasteiger partial charge in [0.05, 0.1) is 17.5 Å². The number of amides is 1. The van der Waals surface area contributed by atoms with E-state index in [1.807, 2.05) is 37.7 Å². The molecule has 1 amide bonds. The molecule has 15 heavy (non-hydrogen) atoms. The highest BCUT2D eigenvalue weighted by Gasteiger charge is 2.45. The van der Waals surface area contributed by atoms with Crippen LogP contribution in [0.4, 0.5) is 0 Å². The van der Waals surface area contributed by atoms with E-state index in [9.17, 15) is 4.79 Å². The first-order valence-electron chi connectivity index (χ1n) is 5.24. The number of carbonyl (C=O) groups is 1. The van der Waals surface area contributed by atoms with Gasteiger partial charge in [-0.3, -0.25) is 4.79 Å². The van der Waals surface area contributed by atoms with Crippen LogP contribution in [0.3, 0.4) is 0 Å². The standard InChI is InChI=1S/C11H19N3O/c1-11(2)9(8-12)7-10(15)14(11)6-5-13(3)4/h9H,5-7H2,1-4H3. The van der Waals surface area contributed by atoms with Gasteiger partial charge in [-0.05, 0) is 27.9 Å². The largest absolute Gasteiger partial charge is 0.335 e. The van der Waals surface area contributed by atoms with Crippen LogP contribution in [-0.4, -0.2) is 48.4 Å². The van der Waals surface area contributed by atoms with Gasteiger partial charge in [0.2, 0.25) is 5.91 Å². The molecule has 1 aliphatic heterocycles. The van der Waals surface area contributed by atoms with Crippen molar-refractivity contribution in [3.8, 4) is 6.07 Å². The Hall–Kier alpha value is -1.08. The van der Waals surface area contributed by atoms with E-state index < -0.39 is 0 Å². The summed E-state index contributed by atoms with van der Waals surface area (Å²) in [6.45, 7) is 5.49. The van der Waals surface area contributed by atoms with E-state index in [1.165, 1.54) is 0 Å². The summed E-state index contributed by atoms with van der Waals surface area (Å²) in [6.07, 6.45) is 0.372. The highest BCUT2D eigenvalue weighted by molar-refractivity contribution is 5.80. The van der Waals surface area contributed by atoms with E-state index in [4.69, 9.17) is 5.26 Å². The lowest BCUT2D eigenvalue weighted by Crippen LogP contribution is -2.46. The number of hydrogen-bond acceptors (Lipinski definition) is 3. The molecule has 1 fully saturated rings. The molecule has 0 aliphatic carbocycles. The molecule has 1 saturated heterocycles. The average Bonchev–Trinajstić information content (AvgIpc) is 2.33. The number of carbonyl (C=O) groups excluding carboxylic acids is 1. The molecule has 0 saturated carbocycles. The maximum atomic E-state index is 11.7. The quantitative estimate of drug-likeness (QED) is 0.687. The summed E-state index contributed by atoms with van der Waals surface area (Å²) in [7, 11) is 3.96. The Morgan fingerprint density at radius 1 is 1.60 bits per heavy atom. The van der Waals surface area contributed by atoms with Gasteiger partial charge in [0.1, 0.15) is 0 Å². The van der Waals surface area contributed by atoms with Crippen LogP contribution in [0.5, 0.6) is 0 Å². The zero-order valence-corrected chi connectivity index (χ0v) is 9.95. The van der Waals surface area contributed by atoms with Gasteiger partial charge in [0.15, 0.2) is 0 Å². The maximum Gasteiger partial charge on any atom is 0.224 e. The molecule has 1 rings (SSSR count). The summed E-state index contributed by atoms with van der Waals surface area (Å²) >= 11 is 0. The first-order chi connectivity index (χ1) is 6.89. The first kappa shape index (κ1) is 12.0. The summed E-state index contributed by atoms with van der Waals surface area (Å²) in [5.41, 5.74) is -0.318. The number of nitrogens with zero attached hydrogens (tertiary/aromatic N) is 3. The Morgan fingerprint density at radius 2 is 2.20 bits per heavy atom. The van der Waals surface area contributed by atoms with Crippen LogP contribution in [0.25, 0.3) is 0 Å². The van der Waals surface area contributed by atoms with Crippen LogP contribution in [0, 0.1) is 17.2 Å². The molecule has 0 bridgehead atoms. The second-order valence-corrected chi connectivity index (χ2v) is 4.89. The second-order valence-electron chi connectivity index (χ2n) is 4.89. The van der Waals surface area contributed by atoms with Gasteiger partial charge in [0, 0.05) is 19.5 Å². The summed E-state index contributed by atoms with van der Waals surface area (Å²) in [4.78, 5) is 15.6. The molecule has 4 nitrogen and oxygen atoms in total. The Kier molecular flexibility index (Phi) is 3.35. The molecular formula is C11H19N3O. The first-order valence-corrected chi connectivity index (χ1v) is 5.24. The van der Waals surface area contributed by atoms with Crippen molar-refractivity contribution in [1.29, 1.82) is 5.26 Å². The fraction of sp³-hybridized carbons (Fsp3) is 0.818. The highest BCUT2D eigenvalue weighted by Crippen LogP contribution is 2.34. The van der Waals surface area contributed by atoms with Crippen molar-refractivity contribution in [1.82, 2.24) is 9.80 Å². The number of likely N-dealkylation sites (tertiary alicyclic amines) is 1. The lowest BCUT2D eigenvalue weighted by atomic mass is 9.90. The summed E-state index contributed by atoms with van der Waals surface area (Å²) in [6, 6.07) is 2.23. The van der Waals surface area contributed by atoms with Gasteiger partial charge in [-0.2, -0.15) is 5.26 Å². The van der Waals surface area contributed by atoms with E-state index in [2.05, 4.69) is 6.07 Å². The number of likely N-dealkylation sites (N-methyl/N-ethyl adjacent to an activating group) is 1. The minimum atomic E-state index is -0.318. The summed E-state index contributed by atoms with van der Waals surface area (Å²) < 4.78 is 0. The van der Waals surface area contributed by atoms with Gasteiger partial charge >= 0.3 is 0 Å². The summed E-state index contributed by atoms with van der Waals surface area (Å²) in [5.74, 6) is -0.0689. The molecule has 1 atom stereocenters. The Labute approximate surface area is 91.5 Å². The zero-order valence-electron chi connectivity index (χ0n) is 9.95. The van der Waals surface area contributed by atoms with Crippen LogP contribution >= 0.6 is 0 Å². The smallest absolute Gasteiger partial charge is 0.224 e. The summed E-state index contributed by atoms with van der Waals surface area (Å²) in [5, 5.41) is 8.98. The Morgan fingerprint density at radius 3 is 2.60 bits per heavy atom. The zero-order chi connectivity index (χ0) is 11.6. The van der Waals surface area contributed by atoms with Crippen LogP contribution in [0.1, 0.15) is 20.3 Å². The average molecular weight is 209 g/mol. The van der Waals surface area contributed by atoms with Crippen LogP contribution in [0.15, 0.2) is 0 Å². The van der Waals surface area contributed by atoms with Gasteiger partial charge in [-0.15, -0.1) is 0 Å². The SMILES string of the molecule is CN(C)CCN1C(=O)CC(C#N)C1(C)C. The number of rotatable bonds is 3. The molecule has 0 radical (unpaired) electrons. The molecule has 1 aliphatic rings. The van der Waals surface area contributed by atoms with Crippen molar-refractivity contribution < 1.29 is 4.79 Å². The molecule has 1 unspecified atom stereocenters. The minimum absolute atomic E-state index is 0.105. The molecule has 0 spiro atoms. The number of nitriles is 1. The molecule has 0 N–H and O–H groups in total. The third-order valence-electron chi connectivity index (χ3n) is 3.15. The van der Waals surface area contributed by atoms with Crippen molar-refractivity contribution in [2.75, 3.05) is 27.2 Å². The third kappa shape index (κ3) is 2.29.